The summed E-state index contributed by atoms with van der Waals surface area (Å²) < 4.78 is 5.68. The predicted octanol–water partition coefficient (Wildman–Crippen LogP) is 5.06. The maximum Gasteiger partial charge on any atom is 0.220 e. The van der Waals surface area contributed by atoms with Gasteiger partial charge in [-0.15, -0.1) is 0 Å². The molecule has 2 aromatic rings. The Morgan fingerprint density at radius 3 is 2.11 bits per heavy atom. The number of amides is 1. The highest BCUT2D eigenvalue weighted by atomic mass is 16.5. The molecule has 0 bridgehead atoms. The molecule has 146 valence electrons. The number of aryl methyl sites for hydroxylation is 2. The van der Waals surface area contributed by atoms with Crippen molar-refractivity contribution in [1.29, 1.82) is 0 Å². The van der Waals surface area contributed by atoms with E-state index in [9.17, 15) is 4.79 Å². The Kier molecular flexibility index (Phi) is 7.90. The van der Waals surface area contributed by atoms with Gasteiger partial charge in [0.25, 0.3) is 0 Å². The summed E-state index contributed by atoms with van der Waals surface area (Å²) in [5, 5.41) is 2.93. The van der Waals surface area contributed by atoms with E-state index in [0.717, 1.165) is 25.0 Å². The molecule has 3 heteroatoms. The van der Waals surface area contributed by atoms with E-state index >= 15 is 0 Å². The highest BCUT2D eigenvalue weighted by Gasteiger charge is 2.12. The SMILES string of the molecule is CCCc1ccc(OCCNC(=O)CCc2ccc(C(C)(C)C)cc2)cc1. The predicted molar refractivity (Wildman–Crippen MR) is 112 cm³/mol. The Balaban J connectivity index is 1.64. The second kappa shape index (κ2) is 10.1. The minimum atomic E-state index is 0.0665. The van der Waals surface area contributed by atoms with Crippen molar-refractivity contribution in [2.24, 2.45) is 0 Å². The van der Waals surface area contributed by atoms with Gasteiger partial charge in [0.05, 0.1) is 6.54 Å². The molecular weight excluding hydrogens is 334 g/mol. The van der Waals surface area contributed by atoms with Crippen LogP contribution in [-0.2, 0) is 23.1 Å². The molecule has 2 rings (SSSR count). The van der Waals surface area contributed by atoms with Crippen molar-refractivity contribution >= 4 is 5.91 Å². The molecule has 0 saturated heterocycles. The lowest BCUT2D eigenvalue weighted by molar-refractivity contribution is -0.121. The highest BCUT2D eigenvalue weighted by Crippen LogP contribution is 2.22. The highest BCUT2D eigenvalue weighted by molar-refractivity contribution is 5.76. The van der Waals surface area contributed by atoms with Gasteiger partial charge in [0.15, 0.2) is 0 Å². The zero-order valence-electron chi connectivity index (χ0n) is 17.2. The summed E-state index contributed by atoms with van der Waals surface area (Å²) in [4.78, 5) is 12.0. The van der Waals surface area contributed by atoms with Crippen LogP contribution in [0.2, 0.25) is 0 Å². The van der Waals surface area contributed by atoms with Crippen molar-refractivity contribution in [3.8, 4) is 5.75 Å². The maximum absolute atomic E-state index is 12.0. The quantitative estimate of drug-likeness (QED) is 0.629. The largest absolute Gasteiger partial charge is 0.492 e. The van der Waals surface area contributed by atoms with Gasteiger partial charge in [-0.1, -0.05) is 70.5 Å². The topological polar surface area (TPSA) is 38.3 Å². The molecule has 27 heavy (non-hydrogen) atoms. The number of carbonyl (C=O) groups is 1. The van der Waals surface area contributed by atoms with E-state index in [2.05, 4.69) is 69.4 Å². The standard InChI is InChI=1S/C24H33NO2/c1-5-6-19-9-14-22(15-10-19)27-18-17-25-23(26)16-11-20-7-12-21(13-8-20)24(2,3)4/h7-10,12-15H,5-6,11,16-18H2,1-4H3,(H,25,26). The normalized spacial score (nSPS) is 11.3. The third kappa shape index (κ3) is 7.46. The van der Waals surface area contributed by atoms with Crippen molar-refractivity contribution in [3.05, 3.63) is 65.2 Å². The molecule has 3 nitrogen and oxygen atoms in total. The van der Waals surface area contributed by atoms with Crippen LogP contribution in [-0.4, -0.2) is 19.1 Å². The Morgan fingerprint density at radius 2 is 1.52 bits per heavy atom. The van der Waals surface area contributed by atoms with E-state index in [1.165, 1.54) is 16.7 Å². The first-order valence-electron chi connectivity index (χ1n) is 9.96. The third-order valence-electron chi connectivity index (χ3n) is 4.62. The lowest BCUT2D eigenvalue weighted by atomic mass is 9.86. The maximum atomic E-state index is 12.0. The molecule has 0 aliphatic carbocycles. The van der Waals surface area contributed by atoms with Crippen molar-refractivity contribution in [2.75, 3.05) is 13.2 Å². The van der Waals surface area contributed by atoms with Crippen LogP contribution in [0.4, 0.5) is 0 Å². The Morgan fingerprint density at radius 1 is 0.926 bits per heavy atom. The van der Waals surface area contributed by atoms with Crippen LogP contribution in [0.5, 0.6) is 5.75 Å². The number of carbonyl (C=O) groups excluding carboxylic acids is 1. The fourth-order valence-corrected chi connectivity index (χ4v) is 2.92. The Bertz CT molecular complexity index is 697. The summed E-state index contributed by atoms with van der Waals surface area (Å²) in [6.45, 7) is 9.80. The van der Waals surface area contributed by atoms with Crippen molar-refractivity contribution < 1.29 is 9.53 Å². The van der Waals surface area contributed by atoms with Gasteiger partial charge in [-0.25, -0.2) is 0 Å². The molecule has 0 aliphatic rings. The molecule has 0 spiro atoms. The molecule has 0 saturated carbocycles. The number of rotatable bonds is 9. The van der Waals surface area contributed by atoms with Crippen LogP contribution < -0.4 is 10.1 Å². The number of ether oxygens (including phenoxy) is 1. The molecular formula is C24H33NO2. The fourth-order valence-electron chi connectivity index (χ4n) is 2.92. The minimum absolute atomic E-state index is 0.0665. The van der Waals surface area contributed by atoms with Crippen LogP contribution >= 0.6 is 0 Å². The first kappa shape index (κ1) is 21.0. The van der Waals surface area contributed by atoms with E-state index in [1.54, 1.807) is 0 Å². The Hall–Kier alpha value is -2.29. The molecule has 0 aliphatic heterocycles. The second-order valence-electron chi connectivity index (χ2n) is 8.04. The molecule has 1 amide bonds. The van der Waals surface area contributed by atoms with Crippen molar-refractivity contribution in [3.63, 3.8) is 0 Å². The average Bonchev–Trinajstić information content (AvgIpc) is 2.65. The smallest absolute Gasteiger partial charge is 0.220 e. The summed E-state index contributed by atoms with van der Waals surface area (Å²) in [6, 6.07) is 16.8. The van der Waals surface area contributed by atoms with Gasteiger partial charge in [0, 0.05) is 6.42 Å². The second-order valence-corrected chi connectivity index (χ2v) is 8.04. The molecule has 2 aromatic carbocycles. The van der Waals surface area contributed by atoms with Crippen molar-refractivity contribution in [2.45, 2.75) is 58.8 Å². The fraction of sp³-hybridized carbons (Fsp3) is 0.458. The Labute approximate surface area is 164 Å². The molecule has 0 radical (unpaired) electrons. The van der Waals surface area contributed by atoms with Crippen LogP contribution in [0.25, 0.3) is 0 Å². The lowest BCUT2D eigenvalue weighted by Crippen LogP contribution is -2.28. The molecule has 0 aromatic heterocycles. The van der Waals surface area contributed by atoms with Crippen LogP contribution in [0.3, 0.4) is 0 Å². The van der Waals surface area contributed by atoms with Gasteiger partial charge in [-0.05, 0) is 47.1 Å². The monoisotopic (exact) mass is 367 g/mol. The summed E-state index contributed by atoms with van der Waals surface area (Å²) in [6.07, 6.45) is 3.50. The van der Waals surface area contributed by atoms with E-state index in [-0.39, 0.29) is 11.3 Å². The van der Waals surface area contributed by atoms with Gasteiger partial charge < -0.3 is 10.1 Å². The summed E-state index contributed by atoms with van der Waals surface area (Å²) in [7, 11) is 0. The number of hydrogen-bond donors (Lipinski definition) is 1. The summed E-state index contributed by atoms with van der Waals surface area (Å²) in [5.41, 5.74) is 4.00. The minimum Gasteiger partial charge on any atom is -0.492 e. The van der Waals surface area contributed by atoms with E-state index < -0.39 is 0 Å². The third-order valence-corrected chi connectivity index (χ3v) is 4.62. The first-order valence-corrected chi connectivity index (χ1v) is 9.96. The number of benzene rings is 2. The zero-order valence-corrected chi connectivity index (χ0v) is 17.2. The number of nitrogens with one attached hydrogen (secondary N) is 1. The van der Waals surface area contributed by atoms with Gasteiger partial charge in [0.2, 0.25) is 5.91 Å². The van der Waals surface area contributed by atoms with Crippen molar-refractivity contribution in [1.82, 2.24) is 5.32 Å². The molecule has 0 atom stereocenters. The van der Waals surface area contributed by atoms with Crippen LogP contribution in [0, 0.1) is 0 Å². The summed E-state index contributed by atoms with van der Waals surface area (Å²) in [5.74, 6) is 0.917. The van der Waals surface area contributed by atoms with Gasteiger partial charge in [-0.2, -0.15) is 0 Å². The van der Waals surface area contributed by atoms with Gasteiger partial charge >= 0.3 is 0 Å². The average molecular weight is 368 g/mol. The first-order chi connectivity index (χ1) is 12.9. The zero-order chi connectivity index (χ0) is 19.7. The van der Waals surface area contributed by atoms with Crippen LogP contribution in [0.1, 0.15) is 57.2 Å². The summed E-state index contributed by atoms with van der Waals surface area (Å²) >= 11 is 0. The van der Waals surface area contributed by atoms with E-state index in [1.807, 2.05) is 12.1 Å². The number of hydrogen-bond acceptors (Lipinski definition) is 2. The van der Waals surface area contributed by atoms with E-state index in [0.29, 0.717) is 19.6 Å². The molecule has 0 unspecified atom stereocenters. The molecule has 1 N–H and O–H groups in total. The van der Waals surface area contributed by atoms with E-state index in [4.69, 9.17) is 4.74 Å². The lowest BCUT2D eigenvalue weighted by Gasteiger charge is -2.19. The van der Waals surface area contributed by atoms with Gasteiger partial charge in [0.1, 0.15) is 12.4 Å². The molecule has 0 heterocycles. The van der Waals surface area contributed by atoms with Gasteiger partial charge in [-0.3, -0.25) is 4.79 Å². The molecule has 0 fully saturated rings. The van der Waals surface area contributed by atoms with Crippen LogP contribution in [0.15, 0.2) is 48.5 Å².